The van der Waals surface area contributed by atoms with Crippen LogP contribution in [-0.4, -0.2) is 15.5 Å². The fourth-order valence-corrected chi connectivity index (χ4v) is 1.72. The number of hydrogen-bond acceptors (Lipinski definition) is 3. The van der Waals surface area contributed by atoms with Crippen LogP contribution in [0.2, 0.25) is 0 Å². The van der Waals surface area contributed by atoms with Crippen LogP contribution in [-0.2, 0) is 16.9 Å². The van der Waals surface area contributed by atoms with Crippen molar-refractivity contribution < 1.29 is 4.79 Å². The number of rotatable bonds is 4. The van der Waals surface area contributed by atoms with Crippen molar-refractivity contribution in [1.29, 1.82) is 0 Å². The summed E-state index contributed by atoms with van der Waals surface area (Å²) in [6, 6.07) is 9.10. The molecule has 2 aromatic rings. The van der Waals surface area contributed by atoms with E-state index in [-0.39, 0.29) is 6.54 Å². The molecule has 2 rings (SSSR count). The van der Waals surface area contributed by atoms with E-state index in [4.69, 9.17) is 11.5 Å². The number of nitrogens with zero attached hydrogens (tertiary/aromatic N) is 2. The van der Waals surface area contributed by atoms with Crippen molar-refractivity contribution in [3.63, 3.8) is 0 Å². The fraction of sp³-hybridized carbons (Fsp3) is 0.167. The number of hydrogen-bond donors (Lipinski definition) is 2. The van der Waals surface area contributed by atoms with Crippen LogP contribution in [0.1, 0.15) is 5.56 Å². The molecule has 1 aromatic heterocycles. The van der Waals surface area contributed by atoms with Crippen LogP contribution in [0.15, 0.2) is 49.1 Å². The van der Waals surface area contributed by atoms with Gasteiger partial charge in [-0.1, -0.05) is 30.3 Å². The summed E-state index contributed by atoms with van der Waals surface area (Å²) in [6.07, 6.45) is 4.98. The molecule has 1 aromatic carbocycles. The van der Waals surface area contributed by atoms with E-state index in [9.17, 15) is 4.79 Å². The van der Waals surface area contributed by atoms with Crippen LogP contribution in [0, 0.1) is 0 Å². The Hall–Kier alpha value is -2.14. The lowest BCUT2D eigenvalue weighted by atomic mass is 9.90. The van der Waals surface area contributed by atoms with E-state index in [0.717, 1.165) is 0 Å². The van der Waals surface area contributed by atoms with E-state index in [2.05, 4.69) is 4.98 Å². The number of nitrogens with two attached hydrogens (primary N) is 2. The van der Waals surface area contributed by atoms with E-state index >= 15 is 0 Å². The van der Waals surface area contributed by atoms with Crippen molar-refractivity contribution in [3.8, 4) is 0 Å². The fourth-order valence-electron chi connectivity index (χ4n) is 1.72. The molecule has 0 fully saturated rings. The highest BCUT2D eigenvalue weighted by Gasteiger charge is 2.34. The summed E-state index contributed by atoms with van der Waals surface area (Å²) in [6.45, 7) is 0.270. The summed E-state index contributed by atoms with van der Waals surface area (Å²) in [4.78, 5) is 15.5. The number of carbonyl (C=O) groups is 1. The maximum absolute atomic E-state index is 11.6. The first-order valence-corrected chi connectivity index (χ1v) is 5.23. The molecule has 17 heavy (non-hydrogen) atoms. The van der Waals surface area contributed by atoms with Gasteiger partial charge in [0.25, 0.3) is 0 Å². The van der Waals surface area contributed by atoms with Gasteiger partial charge in [-0.2, -0.15) is 0 Å². The monoisotopic (exact) mass is 230 g/mol. The van der Waals surface area contributed by atoms with Crippen molar-refractivity contribution in [2.75, 3.05) is 0 Å². The molecule has 1 amide bonds. The van der Waals surface area contributed by atoms with E-state index in [1.165, 1.54) is 0 Å². The third-order valence-corrected chi connectivity index (χ3v) is 2.72. The normalized spacial score (nSPS) is 14.2. The zero-order valence-corrected chi connectivity index (χ0v) is 9.28. The van der Waals surface area contributed by atoms with E-state index < -0.39 is 11.4 Å². The number of imidazole rings is 1. The van der Waals surface area contributed by atoms with Crippen molar-refractivity contribution >= 4 is 5.91 Å². The largest absolute Gasteiger partial charge is 0.368 e. The summed E-state index contributed by atoms with van der Waals surface area (Å²) >= 11 is 0. The Morgan fingerprint density at radius 1 is 1.35 bits per heavy atom. The van der Waals surface area contributed by atoms with Crippen molar-refractivity contribution in [2.24, 2.45) is 11.5 Å². The molecule has 4 N–H and O–H groups in total. The third kappa shape index (κ3) is 2.19. The molecule has 1 unspecified atom stereocenters. The average Bonchev–Trinajstić information content (AvgIpc) is 2.82. The number of aromatic nitrogens is 2. The van der Waals surface area contributed by atoms with Gasteiger partial charge in [0.2, 0.25) is 5.91 Å². The second-order valence-corrected chi connectivity index (χ2v) is 3.94. The van der Waals surface area contributed by atoms with E-state index in [1.807, 2.05) is 18.2 Å². The number of primary amides is 1. The highest BCUT2D eigenvalue weighted by Crippen LogP contribution is 2.19. The lowest BCUT2D eigenvalue weighted by Gasteiger charge is -2.26. The van der Waals surface area contributed by atoms with Gasteiger partial charge < -0.3 is 16.0 Å². The Morgan fingerprint density at radius 2 is 2.06 bits per heavy atom. The molecule has 0 aliphatic carbocycles. The lowest BCUT2D eigenvalue weighted by Crippen LogP contribution is -2.52. The Kier molecular flexibility index (Phi) is 2.93. The van der Waals surface area contributed by atoms with Crippen LogP contribution in [0.4, 0.5) is 0 Å². The molecule has 0 aliphatic rings. The van der Waals surface area contributed by atoms with Gasteiger partial charge in [-0.05, 0) is 5.56 Å². The summed E-state index contributed by atoms with van der Waals surface area (Å²) in [5.74, 6) is -0.558. The predicted molar refractivity (Wildman–Crippen MR) is 63.7 cm³/mol. The topological polar surface area (TPSA) is 86.9 Å². The Labute approximate surface area is 99.1 Å². The lowest BCUT2D eigenvalue weighted by molar-refractivity contribution is -0.124. The molecule has 1 heterocycles. The molecule has 0 radical (unpaired) electrons. The summed E-state index contributed by atoms with van der Waals surface area (Å²) in [7, 11) is 0. The predicted octanol–water partition coefficient (Wildman–Crippen LogP) is 0.223. The molecule has 0 spiro atoms. The number of amides is 1. The van der Waals surface area contributed by atoms with Crippen molar-refractivity contribution in [2.45, 2.75) is 12.1 Å². The zero-order chi connectivity index (χ0) is 12.3. The standard InChI is InChI=1S/C12H14N4O/c13-11(17)12(14,8-16-7-6-15-9-16)10-4-2-1-3-5-10/h1-7,9H,8,14H2,(H2,13,17). The van der Waals surface area contributed by atoms with E-state index in [1.54, 1.807) is 35.4 Å². The minimum absolute atomic E-state index is 0.270. The highest BCUT2D eigenvalue weighted by molar-refractivity contribution is 5.85. The highest BCUT2D eigenvalue weighted by atomic mass is 16.1. The van der Waals surface area contributed by atoms with Crippen LogP contribution in [0.25, 0.3) is 0 Å². The van der Waals surface area contributed by atoms with Crippen LogP contribution < -0.4 is 11.5 Å². The number of carbonyl (C=O) groups excluding carboxylic acids is 1. The van der Waals surface area contributed by atoms with Gasteiger partial charge >= 0.3 is 0 Å². The van der Waals surface area contributed by atoms with E-state index in [0.29, 0.717) is 5.56 Å². The Bertz CT molecular complexity index is 494. The Morgan fingerprint density at radius 3 is 2.59 bits per heavy atom. The first kappa shape index (κ1) is 11.3. The maximum Gasteiger partial charge on any atom is 0.243 e. The molecule has 0 saturated heterocycles. The molecular weight excluding hydrogens is 216 g/mol. The molecule has 5 nitrogen and oxygen atoms in total. The molecule has 0 aliphatic heterocycles. The van der Waals surface area contributed by atoms with Gasteiger partial charge in [-0.3, -0.25) is 4.79 Å². The van der Waals surface area contributed by atoms with Gasteiger partial charge in [0.15, 0.2) is 0 Å². The van der Waals surface area contributed by atoms with Crippen molar-refractivity contribution in [3.05, 3.63) is 54.6 Å². The minimum atomic E-state index is -1.22. The minimum Gasteiger partial charge on any atom is -0.368 e. The Balaban J connectivity index is 2.37. The molecule has 0 bridgehead atoms. The van der Waals surface area contributed by atoms with Crippen LogP contribution >= 0.6 is 0 Å². The van der Waals surface area contributed by atoms with Gasteiger partial charge in [0.05, 0.1) is 12.9 Å². The van der Waals surface area contributed by atoms with Crippen LogP contribution in [0.3, 0.4) is 0 Å². The average molecular weight is 230 g/mol. The van der Waals surface area contributed by atoms with Crippen LogP contribution in [0.5, 0.6) is 0 Å². The molecular formula is C12H14N4O. The smallest absolute Gasteiger partial charge is 0.243 e. The van der Waals surface area contributed by atoms with Gasteiger partial charge in [0.1, 0.15) is 5.54 Å². The number of benzene rings is 1. The molecule has 88 valence electrons. The third-order valence-electron chi connectivity index (χ3n) is 2.72. The summed E-state index contributed by atoms with van der Waals surface area (Å²) in [5, 5.41) is 0. The molecule has 0 saturated carbocycles. The van der Waals surface area contributed by atoms with Crippen molar-refractivity contribution in [1.82, 2.24) is 9.55 Å². The molecule has 5 heteroatoms. The van der Waals surface area contributed by atoms with Gasteiger partial charge in [-0.15, -0.1) is 0 Å². The summed E-state index contributed by atoms with van der Waals surface area (Å²) in [5.41, 5.74) is 11.0. The second-order valence-electron chi connectivity index (χ2n) is 3.94. The molecule has 1 atom stereocenters. The SMILES string of the molecule is NC(=O)C(N)(Cn1ccnc1)c1ccccc1. The van der Waals surface area contributed by atoms with Gasteiger partial charge in [-0.25, -0.2) is 4.98 Å². The first-order chi connectivity index (χ1) is 8.13. The quantitative estimate of drug-likeness (QED) is 0.787. The first-order valence-electron chi connectivity index (χ1n) is 5.23. The van der Waals surface area contributed by atoms with Gasteiger partial charge in [0, 0.05) is 12.4 Å². The maximum atomic E-state index is 11.6. The zero-order valence-electron chi connectivity index (χ0n) is 9.28. The summed E-state index contributed by atoms with van der Waals surface area (Å²) < 4.78 is 1.73. The second kappa shape index (κ2) is 4.39.